The van der Waals surface area contributed by atoms with E-state index in [1.54, 1.807) is 0 Å². The lowest BCUT2D eigenvalue weighted by atomic mass is 10.1. The molecule has 20 heavy (non-hydrogen) atoms. The monoisotopic (exact) mass is 291 g/mol. The molecule has 0 unspecified atom stereocenters. The zero-order chi connectivity index (χ0) is 15.5. The Morgan fingerprint density at radius 1 is 1.10 bits per heavy atom. The van der Waals surface area contributed by atoms with Crippen molar-refractivity contribution in [2.24, 2.45) is 0 Å². The summed E-state index contributed by atoms with van der Waals surface area (Å²) in [5.41, 5.74) is -3.90. The summed E-state index contributed by atoms with van der Waals surface area (Å²) < 4.78 is 76.5. The van der Waals surface area contributed by atoms with E-state index in [9.17, 15) is 26.3 Å². The lowest BCUT2D eigenvalue weighted by Gasteiger charge is -2.12. The quantitative estimate of drug-likeness (QED) is 0.515. The molecule has 0 spiro atoms. The van der Waals surface area contributed by atoms with E-state index in [0.29, 0.717) is 6.20 Å². The molecule has 9 heteroatoms. The number of nitrogens with one attached hydrogen (secondary N) is 1. The van der Waals surface area contributed by atoms with Gasteiger partial charge in [-0.15, -0.1) is 0 Å². The summed E-state index contributed by atoms with van der Waals surface area (Å²) in [5.74, 6) is -6.42. The van der Waals surface area contributed by atoms with Gasteiger partial charge in [0.1, 0.15) is 29.1 Å². The molecule has 0 amide bonds. The number of benzene rings is 1. The van der Waals surface area contributed by atoms with E-state index < -0.39 is 40.5 Å². The Morgan fingerprint density at radius 2 is 1.65 bits per heavy atom. The molecule has 0 aliphatic rings. The molecule has 0 radical (unpaired) electrons. The molecule has 104 valence electrons. The van der Waals surface area contributed by atoms with Gasteiger partial charge in [0.05, 0.1) is 5.69 Å². The smallest absolute Gasteiger partial charge is 0.357 e. The van der Waals surface area contributed by atoms with E-state index in [4.69, 9.17) is 10.5 Å². The maximum atomic E-state index is 13.3. The predicted molar refractivity (Wildman–Crippen MR) is 54.2 cm³/mol. The summed E-state index contributed by atoms with van der Waals surface area (Å²) >= 11 is 0. The minimum atomic E-state index is -5.39. The van der Waals surface area contributed by atoms with Gasteiger partial charge in [-0.2, -0.15) is 23.7 Å². The molecule has 0 heterocycles. The third-order valence-electron chi connectivity index (χ3n) is 2.05. The summed E-state index contributed by atoms with van der Waals surface area (Å²) in [7, 11) is 0. The zero-order valence-corrected chi connectivity index (χ0v) is 9.32. The fourth-order valence-electron chi connectivity index (χ4n) is 1.20. The van der Waals surface area contributed by atoms with Crippen molar-refractivity contribution in [2.75, 3.05) is 5.32 Å². The van der Waals surface area contributed by atoms with E-state index in [0.717, 1.165) is 0 Å². The molecular formula is C11H3F6N3. The van der Waals surface area contributed by atoms with Crippen LogP contribution in [0.3, 0.4) is 0 Å². The van der Waals surface area contributed by atoms with E-state index in [1.807, 2.05) is 5.32 Å². The molecule has 0 bridgehead atoms. The highest BCUT2D eigenvalue weighted by molar-refractivity contribution is 5.52. The molecule has 0 fully saturated rings. The molecule has 0 aromatic heterocycles. The number of hydrogen-bond donors (Lipinski definition) is 1. The topological polar surface area (TPSA) is 59.6 Å². The molecule has 3 nitrogen and oxygen atoms in total. The average Bonchev–Trinajstić information content (AvgIpc) is 2.34. The molecule has 1 aromatic carbocycles. The maximum absolute atomic E-state index is 13.3. The van der Waals surface area contributed by atoms with Crippen molar-refractivity contribution in [3.8, 4) is 12.1 Å². The van der Waals surface area contributed by atoms with Crippen LogP contribution in [-0.2, 0) is 6.18 Å². The van der Waals surface area contributed by atoms with Gasteiger partial charge in [0, 0.05) is 12.3 Å². The molecule has 1 rings (SSSR count). The Labute approximate surface area is 108 Å². The lowest BCUT2D eigenvalue weighted by molar-refractivity contribution is -0.142. The van der Waals surface area contributed by atoms with Gasteiger partial charge in [0.25, 0.3) is 0 Å². The van der Waals surface area contributed by atoms with Gasteiger partial charge in [-0.3, -0.25) is 0 Å². The van der Waals surface area contributed by atoms with E-state index in [2.05, 4.69) is 0 Å². The number of nitriles is 2. The molecule has 0 atom stereocenters. The van der Waals surface area contributed by atoms with Crippen molar-refractivity contribution in [3.05, 3.63) is 40.9 Å². The summed E-state index contributed by atoms with van der Waals surface area (Å²) in [5, 5.41) is 18.6. The molecule has 1 aromatic rings. The number of nitrogens with zero attached hydrogens (tertiary/aromatic N) is 2. The summed E-state index contributed by atoms with van der Waals surface area (Å²) in [6, 6.07) is 2.78. The van der Waals surface area contributed by atoms with Gasteiger partial charge in [0.15, 0.2) is 11.6 Å². The van der Waals surface area contributed by atoms with Gasteiger partial charge >= 0.3 is 6.18 Å². The van der Waals surface area contributed by atoms with Crippen LogP contribution in [-0.4, -0.2) is 0 Å². The number of allylic oxidation sites excluding steroid dienone is 1. The summed E-state index contributed by atoms with van der Waals surface area (Å²) in [6.45, 7) is 0. The van der Waals surface area contributed by atoms with Gasteiger partial charge in [-0.1, -0.05) is 0 Å². The van der Waals surface area contributed by atoms with Crippen molar-refractivity contribution >= 4 is 5.69 Å². The maximum Gasteiger partial charge on any atom is 0.422 e. The van der Waals surface area contributed by atoms with Crippen LogP contribution >= 0.6 is 0 Å². The van der Waals surface area contributed by atoms with Crippen molar-refractivity contribution < 1.29 is 26.3 Å². The van der Waals surface area contributed by atoms with Gasteiger partial charge in [-0.25, -0.2) is 13.2 Å². The molecule has 0 aliphatic heterocycles. The second kappa shape index (κ2) is 5.53. The van der Waals surface area contributed by atoms with Crippen LogP contribution in [0.2, 0.25) is 0 Å². The third kappa shape index (κ3) is 3.01. The number of alkyl halides is 3. The summed E-state index contributed by atoms with van der Waals surface area (Å²) in [6.07, 6.45) is -4.79. The highest BCUT2D eigenvalue weighted by Gasteiger charge is 2.39. The second-order valence-corrected chi connectivity index (χ2v) is 3.33. The van der Waals surface area contributed by atoms with E-state index >= 15 is 0 Å². The van der Waals surface area contributed by atoms with Crippen LogP contribution < -0.4 is 5.32 Å². The minimum absolute atomic E-state index is 0.0735. The van der Waals surface area contributed by atoms with Crippen LogP contribution in [0.15, 0.2) is 17.8 Å². The Kier molecular flexibility index (Phi) is 4.25. The first kappa shape index (κ1) is 15.4. The van der Waals surface area contributed by atoms with Crippen molar-refractivity contribution in [1.29, 1.82) is 10.5 Å². The SMILES string of the molecule is N#CC(C#N)=CNc1cc(F)c(C(F)(F)F)c(F)c1F. The number of halogens is 6. The number of rotatable bonds is 2. The highest BCUT2D eigenvalue weighted by atomic mass is 19.4. The average molecular weight is 291 g/mol. The van der Waals surface area contributed by atoms with Gasteiger partial charge in [0.2, 0.25) is 0 Å². The molecule has 0 saturated carbocycles. The Hall–Kier alpha value is -2.68. The lowest BCUT2D eigenvalue weighted by Crippen LogP contribution is -2.14. The second-order valence-electron chi connectivity index (χ2n) is 3.33. The standard InChI is InChI=1S/C11H3F6N3/c12-6-1-7(20-4-5(2-18)3-19)9(13)10(14)8(6)11(15,16)17/h1,4,20H. The molecular weight excluding hydrogens is 288 g/mol. The van der Waals surface area contributed by atoms with Crippen LogP contribution in [0.5, 0.6) is 0 Å². The van der Waals surface area contributed by atoms with Crippen molar-refractivity contribution in [2.45, 2.75) is 6.18 Å². The van der Waals surface area contributed by atoms with Gasteiger partial charge in [-0.05, 0) is 0 Å². The Bertz CT molecular complexity index is 632. The highest BCUT2D eigenvalue weighted by Crippen LogP contribution is 2.36. The fraction of sp³-hybridized carbons (Fsp3) is 0.0909. The van der Waals surface area contributed by atoms with Crippen LogP contribution in [0.25, 0.3) is 0 Å². The van der Waals surface area contributed by atoms with Crippen LogP contribution in [0, 0.1) is 40.1 Å². The minimum Gasteiger partial charge on any atom is -0.357 e. The third-order valence-corrected chi connectivity index (χ3v) is 2.05. The number of hydrogen-bond acceptors (Lipinski definition) is 3. The van der Waals surface area contributed by atoms with E-state index in [-0.39, 0.29) is 6.07 Å². The Morgan fingerprint density at radius 3 is 2.10 bits per heavy atom. The first-order valence-corrected chi connectivity index (χ1v) is 4.74. The van der Waals surface area contributed by atoms with Crippen molar-refractivity contribution in [1.82, 2.24) is 0 Å². The van der Waals surface area contributed by atoms with E-state index in [1.165, 1.54) is 12.1 Å². The first-order valence-electron chi connectivity index (χ1n) is 4.74. The molecule has 0 aliphatic carbocycles. The Balaban J connectivity index is 3.32. The normalized spacial score (nSPS) is 10.4. The predicted octanol–water partition coefficient (Wildman–Crippen LogP) is 3.47. The van der Waals surface area contributed by atoms with Crippen LogP contribution in [0.4, 0.5) is 32.0 Å². The molecule has 0 saturated heterocycles. The van der Waals surface area contributed by atoms with Gasteiger partial charge < -0.3 is 5.32 Å². The van der Waals surface area contributed by atoms with Crippen molar-refractivity contribution in [3.63, 3.8) is 0 Å². The summed E-state index contributed by atoms with van der Waals surface area (Å²) in [4.78, 5) is 0. The van der Waals surface area contributed by atoms with Crippen LogP contribution in [0.1, 0.15) is 5.56 Å². The molecule has 1 N–H and O–H groups in total. The first-order chi connectivity index (χ1) is 9.22. The fourth-order valence-corrected chi connectivity index (χ4v) is 1.20. The largest absolute Gasteiger partial charge is 0.422 e. The zero-order valence-electron chi connectivity index (χ0n) is 9.32. The number of anilines is 1.